The van der Waals surface area contributed by atoms with Crippen molar-refractivity contribution in [3.63, 3.8) is 0 Å². The third-order valence-electron chi connectivity index (χ3n) is 4.27. The van der Waals surface area contributed by atoms with Crippen molar-refractivity contribution in [3.8, 4) is 0 Å². The molecule has 0 radical (unpaired) electrons. The average Bonchev–Trinajstić information content (AvgIpc) is 2.78. The first-order valence-electron chi connectivity index (χ1n) is 9.65. The van der Waals surface area contributed by atoms with Crippen molar-refractivity contribution in [3.05, 3.63) is 96.1 Å². The van der Waals surface area contributed by atoms with Crippen LogP contribution >= 0.6 is 0 Å². The molecule has 0 saturated carbocycles. The van der Waals surface area contributed by atoms with Crippen LogP contribution in [0, 0.1) is 0 Å². The number of para-hydroxylation sites is 2. The van der Waals surface area contributed by atoms with Gasteiger partial charge >= 0.3 is 12.1 Å². The van der Waals surface area contributed by atoms with E-state index >= 15 is 0 Å². The summed E-state index contributed by atoms with van der Waals surface area (Å²) in [4.78, 5) is 37.0. The number of hydrogen-bond acceptors (Lipinski definition) is 3. The SMILES string of the molecule is O=C(Nc1ccccc1)C(=Cc1cccc(NC(=O)C(F)(F)F)c1)C(=O)Nc1ccccc1. The summed E-state index contributed by atoms with van der Waals surface area (Å²) < 4.78 is 37.6. The van der Waals surface area contributed by atoms with Gasteiger partial charge in [-0.1, -0.05) is 48.5 Å². The first-order valence-corrected chi connectivity index (χ1v) is 9.65. The number of amides is 3. The van der Waals surface area contributed by atoms with E-state index in [4.69, 9.17) is 0 Å². The molecule has 0 fully saturated rings. The van der Waals surface area contributed by atoms with Gasteiger partial charge in [0, 0.05) is 17.1 Å². The normalized spacial score (nSPS) is 10.6. The smallest absolute Gasteiger partial charge is 0.322 e. The van der Waals surface area contributed by atoms with Gasteiger partial charge in [-0.3, -0.25) is 14.4 Å². The summed E-state index contributed by atoms with van der Waals surface area (Å²) in [5.74, 6) is -3.58. The van der Waals surface area contributed by atoms with Crippen LogP contribution in [-0.4, -0.2) is 23.9 Å². The molecule has 33 heavy (non-hydrogen) atoms. The number of halogens is 3. The summed E-state index contributed by atoms with van der Waals surface area (Å²) in [7, 11) is 0. The lowest BCUT2D eigenvalue weighted by Crippen LogP contribution is -2.29. The zero-order valence-electron chi connectivity index (χ0n) is 17.0. The maximum atomic E-state index is 12.9. The molecule has 3 amide bonds. The minimum absolute atomic E-state index is 0.141. The molecule has 0 aliphatic heterocycles. The molecule has 6 nitrogen and oxygen atoms in total. The van der Waals surface area contributed by atoms with Crippen LogP contribution < -0.4 is 16.0 Å². The van der Waals surface area contributed by atoms with Crippen LogP contribution in [0.2, 0.25) is 0 Å². The van der Waals surface area contributed by atoms with E-state index in [-0.39, 0.29) is 16.8 Å². The van der Waals surface area contributed by atoms with Gasteiger partial charge in [0.25, 0.3) is 11.8 Å². The molecule has 3 aromatic rings. The van der Waals surface area contributed by atoms with Gasteiger partial charge in [0.15, 0.2) is 0 Å². The number of alkyl halides is 3. The van der Waals surface area contributed by atoms with Crippen LogP contribution in [0.3, 0.4) is 0 Å². The van der Waals surface area contributed by atoms with Crippen molar-refractivity contribution in [2.45, 2.75) is 6.18 Å². The second-order valence-corrected chi connectivity index (χ2v) is 6.78. The van der Waals surface area contributed by atoms with Crippen LogP contribution in [0.5, 0.6) is 0 Å². The summed E-state index contributed by atoms with van der Waals surface area (Å²) >= 11 is 0. The Morgan fingerprint density at radius 3 is 1.61 bits per heavy atom. The van der Waals surface area contributed by atoms with Gasteiger partial charge in [0.2, 0.25) is 0 Å². The second-order valence-electron chi connectivity index (χ2n) is 6.78. The van der Waals surface area contributed by atoms with Crippen molar-refractivity contribution in [1.82, 2.24) is 0 Å². The van der Waals surface area contributed by atoms with E-state index in [9.17, 15) is 27.6 Å². The molecule has 0 saturated heterocycles. The van der Waals surface area contributed by atoms with Crippen molar-refractivity contribution >= 4 is 40.9 Å². The highest BCUT2D eigenvalue weighted by atomic mass is 19.4. The summed E-state index contributed by atoms with van der Waals surface area (Å²) in [5.41, 5.74) is 0.704. The van der Waals surface area contributed by atoms with Gasteiger partial charge in [0.05, 0.1) is 0 Å². The van der Waals surface area contributed by atoms with E-state index in [0.29, 0.717) is 11.4 Å². The van der Waals surface area contributed by atoms with E-state index in [2.05, 4.69) is 10.6 Å². The molecule has 0 heterocycles. The standard InChI is InChI=1S/C24H18F3N3O3/c25-24(26,27)23(33)30-19-13-7-8-16(14-19)15-20(21(31)28-17-9-3-1-4-10-17)22(32)29-18-11-5-2-6-12-18/h1-15H,(H,28,31)(H,29,32)(H,30,33). The molecule has 3 aromatic carbocycles. The Morgan fingerprint density at radius 2 is 1.12 bits per heavy atom. The molecule has 168 valence electrons. The number of carbonyl (C=O) groups is 3. The largest absolute Gasteiger partial charge is 0.471 e. The second kappa shape index (κ2) is 10.3. The zero-order chi connectivity index (χ0) is 23.8. The number of rotatable bonds is 6. The van der Waals surface area contributed by atoms with Crippen molar-refractivity contribution in [2.75, 3.05) is 16.0 Å². The lowest BCUT2D eigenvalue weighted by atomic mass is 10.1. The first kappa shape index (κ1) is 23.3. The predicted octanol–water partition coefficient (Wildman–Crippen LogP) is 4.85. The molecule has 0 unspecified atom stereocenters. The molecule has 0 aliphatic carbocycles. The van der Waals surface area contributed by atoms with Crippen LogP contribution in [0.15, 0.2) is 90.5 Å². The molecule has 0 atom stereocenters. The number of hydrogen-bond donors (Lipinski definition) is 3. The number of anilines is 3. The molecule has 0 aliphatic rings. The lowest BCUT2D eigenvalue weighted by Gasteiger charge is -2.11. The van der Waals surface area contributed by atoms with Gasteiger partial charge < -0.3 is 16.0 Å². The van der Waals surface area contributed by atoms with E-state index in [0.717, 1.165) is 0 Å². The van der Waals surface area contributed by atoms with E-state index < -0.39 is 23.9 Å². The van der Waals surface area contributed by atoms with Gasteiger partial charge in [0.1, 0.15) is 5.57 Å². The van der Waals surface area contributed by atoms with Crippen LogP contribution in [-0.2, 0) is 14.4 Å². The highest BCUT2D eigenvalue weighted by Crippen LogP contribution is 2.21. The molecule has 3 N–H and O–H groups in total. The summed E-state index contributed by atoms with van der Waals surface area (Å²) in [6, 6.07) is 22.2. The predicted molar refractivity (Wildman–Crippen MR) is 119 cm³/mol. The number of benzene rings is 3. The molecule has 0 spiro atoms. The summed E-state index contributed by atoms with van der Waals surface area (Å²) in [6.45, 7) is 0. The van der Waals surface area contributed by atoms with Gasteiger partial charge in [-0.15, -0.1) is 0 Å². The number of carbonyl (C=O) groups excluding carboxylic acids is 3. The fourth-order valence-electron chi connectivity index (χ4n) is 2.75. The molecular weight excluding hydrogens is 435 g/mol. The van der Waals surface area contributed by atoms with Crippen molar-refractivity contribution in [1.29, 1.82) is 0 Å². The van der Waals surface area contributed by atoms with Gasteiger partial charge in [-0.05, 0) is 48.0 Å². The molecular formula is C24H18F3N3O3. The van der Waals surface area contributed by atoms with E-state index in [1.54, 1.807) is 66.0 Å². The van der Waals surface area contributed by atoms with Crippen LogP contribution in [0.25, 0.3) is 6.08 Å². The zero-order valence-corrected chi connectivity index (χ0v) is 17.0. The number of nitrogens with one attached hydrogen (secondary N) is 3. The van der Waals surface area contributed by atoms with Crippen LogP contribution in [0.4, 0.5) is 30.2 Å². The Balaban J connectivity index is 1.91. The van der Waals surface area contributed by atoms with Gasteiger partial charge in [-0.2, -0.15) is 13.2 Å². The van der Waals surface area contributed by atoms with Gasteiger partial charge in [-0.25, -0.2) is 0 Å². The quantitative estimate of drug-likeness (QED) is 0.283. The van der Waals surface area contributed by atoms with E-state index in [1.807, 2.05) is 0 Å². The fraction of sp³-hybridized carbons (Fsp3) is 0.0417. The molecule has 0 aromatic heterocycles. The monoisotopic (exact) mass is 453 g/mol. The van der Waals surface area contributed by atoms with Crippen LogP contribution in [0.1, 0.15) is 5.56 Å². The Bertz CT molecular complexity index is 1120. The average molecular weight is 453 g/mol. The molecule has 9 heteroatoms. The maximum absolute atomic E-state index is 12.9. The maximum Gasteiger partial charge on any atom is 0.471 e. The lowest BCUT2D eigenvalue weighted by molar-refractivity contribution is -0.167. The topological polar surface area (TPSA) is 87.3 Å². The molecule has 0 bridgehead atoms. The van der Waals surface area contributed by atoms with Crippen molar-refractivity contribution < 1.29 is 27.6 Å². The Morgan fingerprint density at radius 1 is 0.636 bits per heavy atom. The minimum atomic E-state index is -5.05. The van der Waals surface area contributed by atoms with Crippen molar-refractivity contribution in [2.24, 2.45) is 0 Å². The summed E-state index contributed by atoms with van der Waals surface area (Å²) in [6.07, 6.45) is -3.83. The van der Waals surface area contributed by atoms with E-state index in [1.165, 1.54) is 30.3 Å². The Kier molecular flexibility index (Phi) is 7.24. The first-order chi connectivity index (χ1) is 15.7. The minimum Gasteiger partial charge on any atom is -0.322 e. The summed E-state index contributed by atoms with van der Waals surface area (Å²) in [5, 5.41) is 6.96. The molecule has 3 rings (SSSR count). The fourth-order valence-corrected chi connectivity index (χ4v) is 2.75. The Hall–Kier alpha value is -4.40. The highest BCUT2D eigenvalue weighted by molar-refractivity contribution is 6.28. The third kappa shape index (κ3) is 6.79. The highest BCUT2D eigenvalue weighted by Gasteiger charge is 2.38. The third-order valence-corrected chi connectivity index (χ3v) is 4.27. The Labute approximate surface area is 187 Å².